The smallest absolute Gasteiger partial charge is 0.137 e. The lowest BCUT2D eigenvalue weighted by molar-refractivity contribution is 0.398. The summed E-state index contributed by atoms with van der Waals surface area (Å²) in [7, 11) is 3.31. The van der Waals surface area contributed by atoms with Gasteiger partial charge in [-0.3, -0.25) is 0 Å². The van der Waals surface area contributed by atoms with Crippen LogP contribution in [-0.4, -0.2) is 25.7 Å². The van der Waals surface area contributed by atoms with E-state index < -0.39 is 0 Å². The highest BCUT2D eigenvalue weighted by molar-refractivity contribution is 5.97. The molecule has 0 unspecified atom stereocenters. The first-order valence-electron chi connectivity index (χ1n) is 6.04. The van der Waals surface area contributed by atoms with Crippen molar-refractivity contribution in [3.05, 3.63) is 24.4 Å². The van der Waals surface area contributed by atoms with Gasteiger partial charge in [-0.05, 0) is 23.9 Å². The Morgan fingerprint density at radius 1 is 1.22 bits per heavy atom. The van der Waals surface area contributed by atoms with Crippen LogP contribution in [0.15, 0.2) is 24.4 Å². The molecule has 18 heavy (non-hydrogen) atoms. The second kappa shape index (κ2) is 5.58. The van der Waals surface area contributed by atoms with Crippen LogP contribution >= 0.6 is 0 Å². The fourth-order valence-electron chi connectivity index (χ4n) is 1.91. The van der Waals surface area contributed by atoms with E-state index in [0.717, 1.165) is 41.1 Å². The van der Waals surface area contributed by atoms with Gasteiger partial charge in [0.15, 0.2) is 0 Å². The maximum Gasteiger partial charge on any atom is 0.137 e. The number of hydrogen-bond acceptors (Lipinski definition) is 4. The van der Waals surface area contributed by atoms with E-state index in [4.69, 9.17) is 9.47 Å². The Balaban J connectivity index is 2.59. The fraction of sp³-hybridized carbons (Fsp3) is 0.357. The summed E-state index contributed by atoms with van der Waals surface area (Å²) in [5, 5.41) is 5.37. The summed E-state index contributed by atoms with van der Waals surface area (Å²) < 4.78 is 10.7. The number of benzene rings is 1. The van der Waals surface area contributed by atoms with Gasteiger partial charge in [0, 0.05) is 18.8 Å². The minimum absolute atomic E-state index is 0.774. The zero-order valence-corrected chi connectivity index (χ0v) is 11.0. The number of ether oxygens (including phenoxy) is 2. The van der Waals surface area contributed by atoms with E-state index in [9.17, 15) is 0 Å². The Labute approximate surface area is 107 Å². The first-order chi connectivity index (χ1) is 8.80. The number of aromatic nitrogens is 1. The first kappa shape index (κ1) is 12.5. The summed E-state index contributed by atoms with van der Waals surface area (Å²) in [6.07, 6.45) is 2.84. The van der Waals surface area contributed by atoms with Crippen molar-refractivity contribution in [1.82, 2.24) is 4.98 Å². The van der Waals surface area contributed by atoms with Gasteiger partial charge in [0.1, 0.15) is 17.3 Å². The Bertz CT molecular complexity index is 541. The van der Waals surface area contributed by atoms with Crippen LogP contribution in [-0.2, 0) is 0 Å². The van der Waals surface area contributed by atoms with Gasteiger partial charge in [-0.2, -0.15) is 0 Å². The summed E-state index contributed by atoms with van der Waals surface area (Å²) in [5.74, 6) is 2.41. The van der Waals surface area contributed by atoms with Gasteiger partial charge in [-0.1, -0.05) is 6.92 Å². The van der Waals surface area contributed by atoms with E-state index in [0.29, 0.717) is 0 Å². The average Bonchev–Trinajstić information content (AvgIpc) is 2.43. The summed E-state index contributed by atoms with van der Waals surface area (Å²) in [6.45, 7) is 3.01. The van der Waals surface area contributed by atoms with Crippen LogP contribution in [0.5, 0.6) is 11.5 Å². The SMILES string of the molecule is CCCNc1nccc2cc(OC)cc(OC)c12. The van der Waals surface area contributed by atoms with Crippen LogP contribution in [0, 0.1) is 0 Å². The molecule has 0 aliphatic rings. The van der Waals surface area contributed by atoms with Crippen LogP contribution in [0.4, 0.5) is 5.82 Å². The Morgan fingerprint density at radius 3 is 2.72 bits per heavy atom. The van der Waals surface area contributed by atoms with Crippen molar-refractivity contribution in [1.29, 1.82) is 0 Å². The predicted octanol–water partition coefficient (Wildman–Crippen LogP) is 3.07. The van der Waals surface area contributed by atoms with Crippen molar-refractivity contribution in [3.63, 3.8) is 0 Å². The molecule has 0 atom stereocenters. The molecule has 0 radical (unpaired) electrons. The molecule has 2 aromatic rings. The van der Waals surface area contributed by atoms with Crippen molar-refractivity contribution >= 4 is 16.6 Å². The van der Waals surface area contributed by atoms with E-state index in [1.54, 1.807) is 20.4 Å². The van der Waals surface area contributed by atoms with Gasteiger partial charge < -0.3 is 14.8 Å². The number of nitrogens with one attached hydrogen (secondary N) is 1. The van der Waals surface area contributed by atoms with Crippen LogP contribution in [0.25, 0.3) is 10.8 Å². The molecule has 1 aromatic heterocycles. The number of hydrogen-bond donors (Lipinski definition) is 1. The zero-order valence-electron chi connectivity index (χ0n) is 11.0. The number of methoxy groups -OCH3 is 2. The Morgan fingerprint density at radius 2 is 2.06 bits per heavy atom. The molecule has 0 bridgehead atoms. The van der Waals surface area contributed by atoms with Gasteiger partial charge in [0.2, 0.25) is 0 Å². The van der Waals surface area contributed by atoms with Gasteiger partial charge in [0.05, 0.1) is 19.6 Å². The monoisotopic (exact) mass is 246 g/mol. The lowest BCUT2D eigenvalue weighted by atomic mass is 10.1. The minimum atomic E-state index is 0.774. The Kier molecular flexibility index (Phi) is 3.87. The number of pyridine rings is 1. The van der Waals surface area contributed by atoms with Crippen molar-refractivity contribution in [2.75, 3.05) is 26.1 Å². The zero-order chi connectivity index (χ0) is 13.0. The van der Waals surface area contributed by atoms with E-state index in [-0.39, 0.29) is 0 Å². The fourth-order valence-corrected chi connectivity index (χ4v) is 1.91. The topological polar surface area (TPSA) is 43.4 Å². The molecule has 0 saturated heterocycles. The molecule has 4 heteroatoms. The van der Waals surface area contributed by atoms with Crippen LogP contribution < -0.4 is 14.8 Å². The summed E-state index contributed by atoms with van der Waals surface area (Å²) in [5.41, 5.74) is 0. The molecule has 1 heterocycles. The second-order valence-electron chi connectivity index (χ2n) is 4.01. The van der Waals surface area contributed by atoms with E-state index >= 15 is 0 Å². The number of anilines is 1. The third-order valence-corrected chi connectivity index (χ3v) is 2.80. The van der Waals surface area contributed by atoms with E-state index in [1.165, 1.54) is 0 Å². The van der Waals surface area contributed by atoms with Crippen molar-refractivity contribution in [2.24, 2.45) is 0 Å². The molecule has 0 aliphatic heterocycles. The molecule has 0 fully saturated rings. The van der Waals surface area contributed by atoms with Gasteiger partial charge in [0.25, 0.3) is 0 Å². The Hall–Kier alpha value is -1.97. The maximum atomic E-state index is 5.43. The number of nitrogens with zero attached hydrogens (tertiary/aromatic N) is 1. The van der Waals surface area contributed by atoms with E-state index in [1.807, 2.05) is 18.2 Å². The second-order valence-corrected chi connectivity index (χ2v) is 4.01. The van der Waals surface area contributed by atoms with Gasteiger partial charge in [-0.15, -0.1) is 0 Å². The summed E-state index contributed by atoms with van der Waals surface area (Å²) >= 11 is 0. The van der Waals surface area contributed by atoms with Crippen LogP contribution in [0.1, 0.15) is 13.3 Å². The van der Waals surface area contributed by atoms with Crippen molar-refractivity contribution in [3.8, 4) is 11.5 Å². The molecule has 1 aromatic carbocycles. The highest BCUT2D eigenvalue weighted by Gasteiger charge is 2.10. The highest BCUT2D eigenvalue weighted by Crippen LogP contribution is 2.34. The maximum absolute atomic E-state index is 5.43. The lowest BCUT2D eigenvalue weighted by Gasteiger charge is -2.12. The summed E-state index contributed by atoms with van der Waals surface area (Å²) in [6, 6.07) is 5.81. The third-order valence-electron chi connectivity index (χ3n) is 2.80. The minimum Gasteiger partial charge on any atom is -0.497 e. The number of rotatable bonds is 5. The largest absolute Gasteiger partial charge is 0.497 e. The lowest BCUT2D eigenvalue weighted by Crippen LogP contribution is -2.03. The molecule has 0 spiro atoms. The molecular weight excluding hydrogens is 228 g/mol. The van der Waals surface area contributed by atoms with E-state index in [2.05, 4.69) is 17.2 Å². The highest BCUT2D eigenvalue weighted by atomic mass is 16.5. The van der Waals surface area contributed by atoms with Gasteiger partial charge in [-0.25, -0.2) is 4.98 Å². The predicted molar refractivity (Wildman–Crippen MR) is 73.6 cm³/mol. The van der Waals surface area contributed by atoms with Crippen molar-refractivity contribution in [2.45, 2.75) is 13.3 Å². The third kappa shape index (κ3) is 2.32. The molecule has 2 rings (SSSR count). The molecule has 0 saturated carbocycles. The quantitative estimate of drug-likeness (QED) is 0.880. The first-order valence-corrected chi connectivity index (χ1v) is 6.04. The average molecular weight is 246 g/mol. The molecule has 0 amide bonds. The molecule has 0 aliphatic carbocycles. The normalized spacial score (nSPS) is 10.4. The summed E-state index contributed by atoms with van der Waals surface area (Å²) in [4.78, 5) is 4.38. The molecule has 4 nitrogen and oxygen atoms in total. The molecular formula is C14H18N2O2. The van der Waals surface area contributed by atoms with Crippen LogP contribution in [0.2, 0.25) is 0 Å². The van der Waals surface area contributed by atoms with Crippen LogP contribution in [0.3, 0.4) is 0 Å². The molecule has 1 N–H and O–H groups in total. The van der Waals surface area contributed by atoms with Gasteiger partial charge >= 0.3 is 0 Å². The molecule has 96 valence electrons. The number of fused-ring (bicyclic) bond motifs is 1. The standard InChI is InChI=1S/C14H18N2O2/c1-4-6-15-14-13-10(5-7-16-14)8-11(17-2)9-12(13)18-3/h5,7-9H,4,6H2,1-3H3,(H,15,16). The van der Waals surface area contributed by atoms with Crippen molar-refractivity contribution < 1.29 is 9.47 Å².